The smallest absolute Gasteiger partial charge is 0.414 e. The SMILES string of the molecule is COC(=O)N(CCC(N)=O)c1ccc(OCCN2[C@H](C)CN(C(=O)OCc3ccccc3)C[C@@H]2C)nc1. The number of primary amides is 1. The Bertz CT molecular complexity index is 1020. The van der Waals surface area contributed by atoms with E-state index in [0.717, 1.165) is 5.56 Å². The first-order valence-electron chi connectivity index (χ1n) is 12.2. The fourth-order valence-electron chi connectivity index (χ4n) is 4.29. The number of rotatable bonds is 10. The normalized spacial score (nSPS) is 17.6. The number of nitrogens with zero attached hydrogens (tertiary/aromatic N) is 4. The number of carbonyl (C=O) groups is 3. The van der Waals surface area contributed by atoms with Gasteiger partial charge in [-0.2, -0.15) is 0 Å². The molecule has 2 atom stereocenters. The highest BCUT2D eigenvalue weighted by Gasteiger charge is 2.32. The predicted molar refractivity (Wildman–Crippen MR) is 137 cm³/mol. The van der Waals surface area contributed by atoms with E-state index in [4.69, 9.17) is 19.9 Å². The van der Waals surface area contributed by atoms with E-state index in [0.29, 0.717) is 37.8 Å². The van der Waals surface area contributed by atoms with Crippen LogP contribution in [0.3, 0.4) is 0 Å². The number of carbonyl (C=O) groups excluding carboxylic acids is 3. The minimum Gasteiger partial charge on any atom is -0.476 e. The van der Waals surface area contributed by atoms with Crippen LogP contribution in [0.15, 0.2) is 48.7 Å². The Kier molecular flexibility index (Phi) is 10.1. The van der Waals surface area contributed by atoms with Gasteiger partial charge in [-0.1, -0.05) is 30.3 Å². The topological polar surface area (TPSA) is 128 Å². The monoisotopic (exact) mass is 513 g/mol. The van der Waals surface area contributed by atoms with Gasteiger partial charge in [0.05, 0.1) is 19.0 Å². The maximum Gasteiger partial charge on any atom is 0.414 e. The molecule has 0 bridgehead atoms. The first kappa shape index (κ1) is 27.7. The number of ether oxygens (including phenoxy) is 3. The van der Waals surface area contributed by atoms with Crippen LogP contribution in [0.2, 0.25) is 0 Å². The van der Waals surface area contributed by atoms with Gasteiger partial charge in [0.1, 0.15) is 13.2 Å². The Morgan fingerprint density at radius 2 is 1.78 bits per heavy atom. The number of amides is 3. The molecular formula is C26H35N5O6. The summed E-state index contributed by atoms with van der Waals surface area (Å²) < 4.78 is 16.1. The lowest BCUT2D eigenvalue weighted by molar-refractivity contribution is -0.117. The van der Waals surface area contributed by atoms with Crippen molar-refractivity contribution in [2.45, 2.75) is 39.0 Å². The lowest BCUT2D eigenvalue weighted by Gasteiger charge is -2.43. The zero-order chi connectivity index (χ0) is 26.8. The number of nitrogens with two attached hydrogens (primary N) is 1. The van der Waals surface area contributed by atoms with E-state index in [1.54, 1.807) is 17.0 Å². The molecule has 0 saturated carbocycles. The second-order valence-electron chi connectivity index (χ2n) is 8.92. The van der Waals surface area contributed by atoms with Crippen molar-refractivity contribution in [3.63, 3.8) is 0 Å². The van der Waals surface area contributed by atoms with E-state index in [1.165, 1.54) is 18.2 Å². The summed E-state index contributed by atoms with van der Waals surface area (Å²) in [6, 6.07) is 13.2. The summed E-state index contributed by atoms with van der Waals surface area (Å²) in [6.45, 7) is 6.70. The average Bonchev–Trinajstić information content (AvgIpc) is 2.89. The third kappa shape index (κ3) is 8.07. The molecule has 0 spiro atoms. The standard InChI is InChI=1S/C26H35N5O6/c1-19-16-29(25(33)37-18-21-7-5-4-6-8-21)17-20(2)30(19)13-14-36-24-10-9-22(15-28-24)31(26(34)35-3)12-11-23(27)32/h4-10,15,19-20H,11-14,16-18H2,1-3H3,(H2,27,32)/t19-,20+. The Balaban J connectivity index is 1.46. The van der Waals surface area contributed by atoms with Crippen LogP contribution in [-0.4, -0.2) is 84.9 Å². The van der Waals surface area contributed by atoms with Gasteiger partial charge in [0.25, 0.3) is 0 Å². The van der Waals surface area contributed by atoms with Gasteiger partial charge in [0.2, 0.25) is 11.8 Å². The van der Waals surface area contributed by atoms with Crippen molar-refractivity contribution in [2.75, 3.05) is 44.8 Å². The zero-order valence-corrected chi connectivity index (χ0v) is 21.5. The second kappa shape index (κ2) is 13.4. The summed E-state index contributed by atoms with van der Waals surface area (Å²) in [7, 11) is 1.26. The first-order valence-corrected chi connectivity index (χ1v) is 12.2. The molecule has 2 aromatic rings. The molecular weight excluding hydrogens is 478 g/mol. The highest BCUT2D eigenvalue weighted by Crippen LogP contribution is 2.19. The van der Waals surface area contributed by atoms with Crippen molar-refractivity contribution in [3.05, 3.63) is 54.2 Å². The van der Waals surface area contributed by atoms with Gasteiger partial charge in [0, 0.05) is 50.7 Å². The Labute approximate surface area is 217 Å². The van der Waals surface area contributed by atoms with Crippen LogP contribution in [0.5, 0.6) is 5.88 Å². The van der Waals surface area contributed by atoms with Crippen LogP contribution < -0.4 is 15.4 Å². The Morgan fingerprint density at radius 1 is 1.08 bits per heavy atom. The third-order valence-electron chi connectivity index (χ3n) is 6.17. The van der Waals surface area contributed by atoms with Crippen LogP contribution in [0.25, 0.3) is 0 Å². The van der Waals surface area contributed by atoms with Crippen LogP contribution in [0.4, 0.5) is 15.3 Å². The molecule has 1 fully saturated rings. The van der Waals surface area contributed by atoms with Gasteiger partial charge >= 0.3 is 12.2 Å². The molecule has 1 aromatic heterocycles. The molecule has 1 aliphatic heterocycles. The number of aromatic nitrogens is 1. The van der Waals surface area contributed by atoms with Gasteiger partial charge in [-0.25, -0.2) is 14.6 Å². The number of hydrogen-bond donors (Lipinski definition) is 1. The van der Waals surface area contributed by atoms with Crippen molar-refractivity contribution < 1.29 is 28.6 Å². The van der Waals surface area contributed by atoms with Crippen molar-refractivity contribution in [3.8, 4) is 5.88 Å². The summed E-state index contributed by atoms with van der Waals surface area (Å²) in [5.41, 5.74) is 6.62. The molecule has 1 aromatic carbocycles. The molecule has 11 heteroatoms. The molecule has 1 saturated heterocycles. The van der Waals surface area contributed by atoms with Gasteiger partial charge in [-0.15, -0.1) is 0 Å². The van der Waals surface area contributed by atoms with Gasteiger partial charge in [-0.05, 0) is 25.5 Å². The lowest BCUT2D eigenvalue weighted by Crippen LogP contribution is -2.58. The highest BCUT2D eigenvalue weighted by atomic mass is 16.6. The number of hydrogen-bond acceptors (Lipinski definition) is 8. The van der Waals surface area contributed by atoms with Gasteiger partial charge < -0.3 is 24.8 Å². The number of methoxy groups -OCH3 is 1. The van der Waals surface area contributed by atoms with E-state index in [9.17, 15) is 14.4 Å². The van der Waals surface area contributed by atoms with Crippen LogP contribution in [-0.2, 0) is 20.9 Å². The van der Waals surface area contributed by atoms with E-state index in [2.05, 4.69) is 23.7 Å². The maximum absolute atomic E-state index is 12.6. The molecule has 1 aliphatic rings. The molecule has 200 valence electrons. The van der Waals surface area contributed by atoms with Crippen LogP contribution in [0.1, 0.15) is 25.8 Å². The first-order chi connectivity index (χ1) is 17.8. The largest absolute Gasteiger partial charge is 0.476 e. The van der Waals surface area contributed by atoms with Crippen molar-refractivity contribution in [1.82, 2.24) is 14.8 Å². The maximum atomic E-state index is 12.6. The number of anilines is 1. The van der Waals surface area contributed by atoms with Crippen LogP contribution in [0, 0.1) is 0 Å². The fourth-order valence-corrected chi connectivity index (χ4v) is 4.29. The molecule has 11 nitrogen and oxygen atoms in total. The predicted octanol–water partition coefficient (Wildman–Crippen LogP) is 2.64. The highest BCUT2D eigenvalue weighted by molar-refractivity contribution is 5.88. The summed E-state index contributed by atoms with van der Waals surface area (Å²) in [5.74, 6) is -0.109. The van der Waals surface area contributed by atoms with Gasteiger partial charge in [-0.3, -0.25) is 14.6 Å². The minimum absolute atomic E-state index is 0.00172. The number of pyridine rings is 1. The fraction of sp³-hybridized carbons (Fsp3) is 0.462. The lowest BCUT2D eigenvalue weighted by atomic mass is 10.1. The molecule has 3 rings (SSSR count). The van der Waals surface area contributed by atoms with Crippen molar-refractivity contribution >= 4 is 23.8 Å². The molecule has 2 heterocycles. The summed E-state index contributed by atoms with van der Waals surface area (Å²) in [5, 5.41) is 0. The number of benzene rings is 1. The summed E-state index contributed by atoms with van der Waals surface area (Å²) >= 11 is 0. The van der Waals surface area contributed by atoms with Crippen molar-refractivity contribution in [2.24, 2.45) is 5.73 Å². The molecule has 37 heavy (non-hydrogen) atoms. The molecule has 0 unspecified atom stereocenters. The van der Waals surface area contributed by atoms with Crippen molar-refractivity contribution in [1.29, 1.82) is 0 Å². The Hall–Kier alpha value is -3.86. The second-order valence-corrected chi connectivity index (χ2v) is 8.92. The quantitative estimate of drug-likeness (QED) is 0.514. The van der Waals surface area contributed by atoms with Gasteiger partial charge in [0.15, 0.2) is 0 Å². The van der Waals surface area contributed by atoms with E-state index >= 15 is 0 Å². The zero-order valence-electron chi connectivity index (χ0n) is 21.5. The molecule has 0 aliphatic carbocycles. The minimum atomic E-state index is -0.609. The van der Waals surface area contributed by atoms with E-state index in [1.807, 2.05) is 30.3 Å². The number of piperazine rings is 1. The molecule has 2 N–H and O–H groups in total. The summed E-state index contributed by atoms with van der Waals surface area (Å²) in [6.07, 6.45) is 0.572. The van der Waals surface area contributed by atoms with Crippen LogP contribution >= 0.6 is 0 Å². The third-order valence-corrected chi connectivity index (χ3v) is 6.17. The molecule has 3 amide bonds. The Morgan fingerprint density at radius 3 is 2.38 bits per heavy atom. The summed E-state index contributed by atoms with van der Waals surface area (Å²) in [4.78, 5) is 45.3. The average molecular weight is 514 g/mol. The van der Waals surface area contributed by atoms with E-state index < -0.39 is 12.0 Å². The van der Waals surface area contributed by atoms with E-state index in [-0.39, 0.29) is 37.7 Å². The molecule has 0 radical (unpaired) electrons.